The van der Waals surface area contributed by atoms with Crippen LogP contribution in [-0.4, -0.2) is 45.7 Å². The molecule has 8 heteroatoms. The molecule has 1 heterocycles. The third-order valence-electron chi connectivity index (χ3n) is 6.19. The van der Waals surface area contributed by atoms with Crippen LogP contribution in [0.25, 0.3) is 0 Å². The molecule has 0 aliphatic heterocycles. The number of nitrogens with one attached hydrogen (secondary N) is 2. The highest BCUT2D eigenvalue weighted by Gasteiger charge is 2.50. The number of fused-ring (bicyclic) bond motifs is 2. The fourth-order valence-corrected chi connectivity index (χ4v) is 4.69. The summed E-state index contributed by atoms with van der Waals surface area (Å²) in [5.41, 5.74) is 2.11. The second-order valence-corrected chi connectivity index (χ2v) is 11.1. The van der Waals surface area contributed by atoms with E-state index < -0.39 is 0 Å². The summed E-state index contributed by atoms with van der Waals surface area (Å²) in [7, 11) is 0. The maximum Gasteiger partial charge on any atom is 0.407 e. The molecule has 174 valence electrons. The Hall–Kier alpha value is -2.12. The van der Waals surface area contributed by atoms with Crippen LogP contribution in [0.1, 0.15) is 78.6 Å². The third kappa shape index (κ3) is 6.43. The Morgan fingerprint density at radius 3 is 2.42 bits per heavy atom. The first-order chi connectivity index (χ1) is 14.5. The first-order valence-electron chi connectivity index (χ1n) is 11.6. The summed E-state index contributed by atoms with van der Waals surface area (Å²) in [5, 5.41) is 14.5. The number of aromatic nitrogens is 3. The number of aryl methyl sites for hydroxylation is 1. The largest absolute Gasteiger partial charge is 0.449 e. The van der Waals surface area contributed by atoms with Gasteiger partial charge in [0.2, 0.25) is 5.91 Å². The van der Waals surface area contributed by atoms with Crippen molar-refractivity contribution in [3.8, 4) is 0 Å². The van der Waals surface area contributed by atoms with E-state index in [1.807, 2.05) is 20.8 Å². The minimum Gasteiger partial charge on any atom is -0.449 e. The molecule has 1 aromatic heterocycles. The van der Waals surface area contributed by atoms with Gasteiger partial charge in [0, 0.05) is 18.5 Å². The maximum absolute atomic E-state index is 12.0. The molecule has 3 atom stereocenters. The van der Waals surface area contributed by atoms with E-state index in [2.05, 4.69) is 46.4 Å². The van der Waals surface area contributed by atoms with E-state index in [1.54, 1.807) is 0 Å². The molecule has 0 aromatic carbocycles. The second kappa shape index (κ2) is 9.17. The second-order valence-electron chi connectivity index (χ2n) is 11.1. The Bertz CT molecular complexity index is 790. The number of hydrogen-bond donors (Lipinski definition) is 2. The van der Waals surface area contributed by atoms with Crippen molar-refractivity contribution in [1.29, 1.82) is 0 Å². The van der Waals surface area contributed by atoms with Crippen molar-refractivity contribution in [3.63, 3.8) is 0 Å². The van der Waals surface area contributed by atoms with E-state index in [1.165, 1.54) is 5.69 Å². The number of carbonyl (C=O) groups excluding carboxylic acids is 2. The van der Waals surface area contributed by atoms with Crippen molar-refractivity contribution < 1.29 is 14.3 Å². The zero-order valence-electron chi connectivity index (χ0n) is 20.0. The van der Waals surface area contributed by atoms with Crippen molar-refractivity contribution in [2.45, 2.75) is 91.1 Å². The lowest BCUT2D eigenvalue weighted by Crippen LogP contribution is -2.40. The van der Waals surface area contributed by atoms with Crippen LogP contribution in [0.5, 0.6) is 0 Å². The number of amides is 2. The Balaban J connectivity index is 1.36. The SMILES string of the molecule is CC(C)(C)NC(=O)CCCNC(=O)OC[C@@H]1[C@@H]2CCc3nnn(C(C)(C)C)c3CC[C@@H]21. The normalized spacial score (nSPS) is 23.1. The van der Waals surface area contributed by atoms with Crippen LogP contribution in [0.15, 0.2) is 0 Å². The van der Waals surface area contributed by atoms with Crippen LogP contribution in [0, 0.1) is 17.8 Å². The van der Waals surface area contributed by atoms with Crippen molar-refractivity contribution >= 4 is 12.0 Å². The van der Waals surface area contributed by atoms with Gasteiger partial charge in [-0.15, -0.1) is 5.10 Å². The van der Waals surface area contributed by atoms with Crippen LogP contribution in [0.3, 0.4) is 0 Å². The molecule has 2 aliphatic carbocycles. The van der Waals surface area contributed by atoms with Crippen LogP contribution in [0.4, 0.5) is 4.79 Å². The van der Waals surface area contributed by atoms with Crippen molar-refractivity contribution in [2.24, 2.45) is 17.8 Å². The smallest absolute Gasteiger partial charge is 0.407 e. The van der Waals surface area contributed by atoms with E-state index in [0.717, 1.165) is 31.4 Å². The van der Waals surface area contributed by atoms with Gasteiger partial charge in [-0.25, -0.2) is 9.48 Å². The molecular formula is C23H39N5O3. The standard InChI is InChI=1S/C23H39N5O3/c1-22(2,3)25-20(29)8-7-13-24-21(30)31-14-17-15-9-11-18-19(12-10-16(15)17)28(27-26-18)23(4,5)6/h15-17H,7-14H2,1-6H3,(H,24,30)(H,25,29)/t15-,16+,17-/m1/s1. The van der Waals surface area contributed by atoms with Gasteiger partial charge in [-0.2, -0.15) is 0 Å². The zero-order valence-corrected chi connectivity index (χ0v) is 20.0. The van der Waals surface area contributed by atoms with Crippen molar-refractivity contribution in [2.75, 3.05) is 13.2 Å². The van der Waals surface area contributed by atoms with Crippen molar-refractivity contribution in [3.05, 3.63) is 11.4 Å². The van der Waals surface area contributed by atoms with Crippen molar-refractivity contribution in [1.82, 2.24) is 25.6 Å². The van der Waals surface area contributed by atoms with Crippen LogP contribution in [0.2, 0.25) is 0 Å². The fraction of sp³-hybridized carbons (Fsp3) is 0.826. The number of alkyl carbamates (subject to hydrolysis) is 1. The molecular weight excluding hydrogens is 394 g/mol. The summed E-state index contributed by atoms with van der Waals surface area (Å²) in [6.45, 7) is 13.3. The van der Waals surface area contributed by atoms with Gasteiger partial charge in [0.25, 0.3) is 0 Å². The highest BCUT2D eigenvalue weighted by Crippen LogP contribution is 2.53. The van der Waals surface area contributed by atoms with Gasteiger partial charge in [0.15, 0.2) is 0 Å². The lowest BCUT2D eigenvalue weighted by atomic mass is 10.00. The molecule has 1 saturated carbocycles. The molecule has 3 rings (SSSR count). The summed E-state index contributed by atoms with van der Waals surface area (Å²) in [6, 6.07) is 0. The first kappa shape index (κ1) is 23.5. The Morgan fingerprint density at radius 1 is 1.10 bits per heavy atom. The Kier molecular flexibility index (Phi) is 6.96. The first-order valence-corrected chi connectivity index (χ1v) is 11.6. The van der Waals surface area contributed by atoms with E-state index >= 15 is 0 Å². The molecule has 8 nitrogen and oxygen atoms in total. The highest BCUT2D eigenvalue weighted by atomic mass is 16.5. The summed E-state index contributed by atoms with van der Waals surface area (Å²) in [6.07, 6.45) is 4.72. The molecule has 31 heavy (non-hydrogen) atoms. The molecule has 0 bridgehead atoms. The van der Waals surface area contributed by atoms with E-state index in [-0.39, 0.29) is 23.1 Å². The quantitative estimate of drug-likeness (QED) is 0.672. The molecule has 1 fully saturated rings. The molecule has 2 amide bonds. The molecule has 1 aromatic rings. The molecule has 2 N–H and O–H groups in total. The van der Waals surface area contributed by atoms with Gasteiger partial charge >= 0.3 is 6.09 Å². The predicted octanol–water partition coefficient (Wildman–Crippen LogP) is 3.20. The minimum atomic E-state index is -0.385. The molecule has 0 unspecified atom stereocenters. The summed E-state index contributed by atoms with van der Waals surface area (Å²) in [4.78, 5) is 23.8. The van der Waals surface area contributed by atoms with E-state index in [4.69, 9.17) is 4.74 Å². The van der Waals surface area contributed by atoms with E-state index in [9.17, 15) is 9.59 Å². The van der Waals surface area contributed by atoms with Crippen LogP contribution < -0.4 is 10.6 Å². The molecule has 0 radical (unpaired) electrons. The third-order valence-corrected chi connectivity index (χ3v) is 6.19. The van der Waals surface area contributed by atoms with Gasteiger partial charge < -0.3 is 15.4 Å². The number of hydrogen-bond acceptors (Lipinski definition) is 5. The summed E-state index contributed by atoms with van der Waals surface area (Å²) < 4.78 is 7.56. The zero-order chi connectivity index (χ0) is 22.8. The Morgan fingerprint density at radius 2 is 1.77 bits per heavy atom. The predicted molar refractivity (Wildman–Crippen MR) is 119 cm³/mol. The average molecular weight is 434 g/mol. The minimum absolute atomic E-state index is 0.00178. The molecule has 0 spiro atoms. The molecule has 2 aliphatic rings. The maximum atomic E-state index is 12.0. The number of carbonyl (C=O) groups is 2. The van der Waals surface area contributed by atoms with Crippen LogP contribution >= 0.6 is 0 Å². The van der Waals surface area contributed by atoms with Gasteiger partial charge in [-0.1, -0.05) is 5.21 Å². The summed E-state index contributed by atoms with van der Waals surface area (Å²) in [5.74, 6) is 1.68. The fourth-order valence-electron chi connectivity index (χ4n) is 4.69. The monoisotopic (exact) mass is 433 g/mol. The molecule has 0 saturated heterocycles. The van der Waals surface area contributed by atoms with Gasteiger partial charge in [-0.05, 0) is 91.4 Å². The summed E-state index contributed by atoms with van der Waals surface area (Å²) >= 11 is 0. The van der Waals surface area contributed by atoms with Crippen LogP contribution in [-0.2, 0) is 27.9 Å². The van der Waals surface area contributed by atoms with Gasteiger partial charge in [-0.3, -0.25) is 4.79 Å². The lowest BCUT2D eigenvalue weighted by Gasteiger charge is -2.22. The topological polar surface area (TPSA) is 98.1 Å². The number of rotatable bonds is 6. The number of ether oxygens (including phenoxy) is 1. The highest BCUT2D eigenvalue weighted by molar-refractivity contribution is 5.76. The Labute approximate surface area is 185 Å². The van der Waals surface area contributed by atoms with Gasteiger partial charge in [0.05, 0.1) is 23.5 Å². The average Bonchev–Trinajstić information content (AvgIpc) is 3.10. The van der Waals surface area contributed by atoms with Gasteiger partial charge in [0.1, 0.15) is 0 Å². The lowest BCUT2D eigenvalue weighted by molar-refractivity contribution is -0.122. The number of nitrogens with zero attached hydrogens (tertiary/aromatic N) is 3. The van der Waals surface area contributed by atoms with E-state index in [0.29, 0.717) is 43.7 Å².